The van der Waals surface area contributed by atoms with Crippen LogP contribution in [0.15, 0.2) is 18.2 Å². The Balaban J connectivity index is 2.47. The van der Waals surface area contributed by atoms with Crippen molar-refractivity contribution in [3.05, 3.63) is 28.8 Å². The fourth-order valence-electron chi connectivity index (χ4n) is 1.42. The highest BCUT2D eigenvalue weighted by molar-refractivity contribution is 6.30. The highest BCUT2D eigenvalue weighted by Crippen LogP contribution is 2.21. The van der Waals surface area contributed by atoms with Crippen LogP contribution in [0, 0.1) is 6.92 Å². The summed E-state index contributed by atoms with van der Waals surface area (Å²) in [7, 11) is 0. The molecule has 0 aliphatic rings. The van der Waals surface area contributed by atoms with E-state index in [1.807, 2.05) is 0 Å². The van der Waals surface area contributed by atoms with Gasteiger partial charge in [0.2, 0.25) is 0 Å². The molecule has 0 heterocycles. The molecule has 7 nitrogen and oxygen atoms in total. The summed E-state index contributed by atoms with van der Waals surface area (Å²) in [6.45, 7) is 2.70. The molecule has 1 aromatic rings. The molecule has 0 bridgehead atoms. The lowest BCUT2D eigenvalue weighted by atomic mass is 10.2. The maximum absolute atomic E-state index is 11.5. The van der Waals surface area contributed by atoms with Gasteiger partial charge in [-0.15, -0.1) is 0 Å². The number of nitrogens with one attached hydrogen (secondary N) is 1. The third-order valence-electron chi connectivity index (χ3n) is 2.41. The van der Waals surface area contributed by atoms with Crippen molar-refractivity contribution in [2.24, 2.45) is 5.73 Å². The van der Waals surface area contributed by atoms with Crippen LogP contribution in [0.3, 0.4) is 0 Å². The van der Waals surface area contributed by atoms with Crippen molar-refractivity contribution in [3.8, 4) is 5.75 Å². The second kappa shape index (κ2) is 7.49. The Morgan fingerprint density at radius 2 is 2.05 bits per heavy atom. The van der Waals surface area contributed by atoms with Crippen LogP contribution < -0.4 is 15.8 Å². The normalized spacial score (nSPS) is 11.4. The number of primary amides is 1. The van der Waals surface area contributed by atoms with Gasteiger partial charge >= 0.3 is 12.0 Å². The molecule has 8 heteroatoms. The van der Waals surface area contributed by atoms with Gasteiger partial charge in [-0.2, -0.15) is 0 Å². The second-order valence-electron chi connectivity index (χ2n) is 4.18. The van der Waals surface area contributed by atoms with E-state index in [0.29, 0.717) is 10.8 Å². The minimum absolute atomic E-state index is 0.378. The molecule has 3 N–H and O–H groups in total. The maximum atomic E-state index is 11.5. The Kier molecular flexibility index (Phi) is 5.98. The SMILES string of the molecule is Cc1cc(Cl)ccc1OCC(=O)O[C@@H](C)C(=O)NC(N)=O. The molecule has 0 unspecified atom stereocenters. The van der Waals surface area contributed by atoms with Crippen molar-refractivity contribution in [1.82, 2.24) is 5.32 Å². The van der Waals surface area contributed by atoms with Gasteiger partial charge in [0.05, 0.1) is 0 Å². The summed E-state index contributed by atoms with van der Waals surface area (Å²) >= 11 is 5.80. The van der Waals surface area contributed by atoms with Crippen molar-refractivity contribution in [2.75, 3.05) is 6.61 Å². The van der Waals surface area contributed by atoms with E-state index in [1.54, 1.807) is 30.4 Å². The average molecular weight is 315 g/mol. The van der Waals surface area contributed by atoms with Crippen LogP contribution in [-0.4, -0.2) is 30.6 Å². The molecule has 1 rings (SSSR count). The number of ether oxygens (including phenoxy) is 2. The molecule has 0 aliphatic heterocycles. The molecule has 1 atom stereocenters. The van der Waals surface area contributed by atoms with Crippen molar-refractivity contribution in [1.29, 1.82) is 0 Å². The number of benzene rings is 1. The number of carbonyl (C=O) groups excluding carboxylic acids is 3. The molecule has 0 aromatic heterocycles. The van der Waals surface area contributed by atoms with E-state index in [1.165, 1.54) is 6.92 Å². The fourth-order valence-corrected chi connectivity index (χ4v) is 1.65. The highest BCUT2D eigenvalue weighted by Gasteiger charge is 2.19. The topological polar surface area (TPSA) is 108 Å². The van der Waals surface area contributed by atoms with Crippen molar-refractivity contribution in [3.63, 3.8) is 0 Å². The van der Waals surface area contributed by atoms with Gasteiger partial charge in [0.1, 0.15) is 5.75 Å². The number of carbonyl (C=O) groups is 3. The number of aryl methyl sites for hydroxylation is 1. The van der Waals surface area contributed by atoms with Crippen LogP contribution in [0.4, 0.5) is 4.79 Å². The Bertz CT molecular complexity index is 561. The number of halogens is 1. The van der Waals surface area contributed by atoms with Gasteiger partial charge in [0, 0.05) is 5.02 Å². The summed E-state index contributed by atoms with van der Waals surface area (Å²) in [5.41, 5.74) is 5.54. The molecular formula is C13H15ClN2O5. The van der Waals surface area contributed by atoms with E-state index < -0.39 is 24.0 Å². The van der Waals surface area contributed by atoms with Crippen molar-refractivity contribution >= 4 is 29.5 Å². The highest BCUT2D eigenvalue weighted by atomic mass is 35.5. The third kappa shape index (κ3) is 5.70. The van der Waals surface area contributed by atoms with Crippen LogP contribution >= 0.6 is 11.6 Å². The maximum Gasteiger partial charge on any atom is 0.344 e. The molecule has 0 spiro atoms. The monoisotopic (exact) mass is 314 g/mol. The molecule has 0 saturated carbocycles. The van der Waals surface area contributed by atoms with Gasteiger partial charge in [0.25, 0.3) is 5.91 Å². The smallest absolute Gasteiger partial charge is 0.344 e. The number of hydrogen-bond donors (Lipinski definition) is 2. The van der Waals surface area contributed by atoms with Crippen LogP contribution in [0.5, 0.6) is 5.75 Å². The number of nitrogens with two attached hydrogens (primary N) is 1. The summed E-state index contributed by atoms with van der Waals surface area (Å²) in [5.74, 6) is -1.08. The van der Waals surface area contributed by atoms with Gasteiger partial charge in [-0.1, -0.05) is 11.6 Å². The minimum Gasteiger partial charge on any atom is -0.482 e. The lowest BCUT2D eigenvalue weighted by molar-refractivity contribution is -0.156. The number of rotatable bonds is 5. The first-order valence-electron chi connectivity index (χ1n) is 5.98. The summed E-state index contributed by atoms with van der Waals surface area (Å²) in [4.78, 5) is 33.3. The Morgan fingerprint density at radius 3 is 2.62 bits per heavy atom. The molecule has 0 saturated heterocycles. The van der Waals surface area contributed by atoms with E-state index in [4.69, 9.17) is 26.8 Å². The predicted octanol–water partition coefficient (Wildman–Crippen LogP) is 1.15. The predicted molar refractivity (Wildman–Crippen MR) is 75.0 cm³/mol. The molecular weight excluding hydrogens is 300 g/mol. The van der Waals surface area contributed by atoms with Crippen molar-refractivity contribution < 1.29 is 23.9 Å². The van der Waals surface area contributed by atoms with Gasteiger partial charge in [-0.25, -0.2) is 9.59 Å². The summed E-state index contributed by atoms with van der Waals surface area (Å²) in [6.07, 6.45) is -1.15. The van der Waals surface area contributed by atoms with Crippen LogP contribution in [0.2, 0.25) is 5.02 Å². The zero-order valence-corrected chi connectivity index (χ0v) is 12.3. The van der Waals surface area contributed by atoms with Crippen LogP contribution in [0.1, 0.15) is 12.5 Å². The van der Waals surface area contributed by atoms with E-state index in [0.717, 1.165) is 5.56 Å². The fraction of sp³-hybridized carbons (Fsp3) is 0.308. The molecule has 0 fully saturated rings. The molecule has 114 valence electrons. The van der Waals surface area contributed by atoms with Gasteiger partial charge in [-0.05, 0) is 37.6 Å². The quantitative estimate of drug-likeness (QED) is 0.793. The van der Waals surface area contributed by atoms with E-state index in [2.05, 4.69) is 0 Å². The first-order valence-corrected chi connectivity index (χ1v) is 6.36. The van der Waals surface area contributed by atoms with Crippen molar-refractivity contribution in [2.45, 2.75) is 20.0 Å². The number of esters is 1. The number of hydrogen-bond acceptors (Lipinski definition) is 5. The zero-order valence-electron chi connectivity index (χ0n) is 11.5. The van der Waals surface area contributed by atoms with E-state index in [-0.39, 0.29) is 6.61 Å². The van der Waals surface area contributed by atoms with Crippen LogP contribution in [-0.2, 0) is 14.3 Å². The van der Waals surface area contributed by atoms with Crippen LogP contribution in [0.25, 0.3) is 0 Å². The minimum atomic E-state index is -1.15. The van der Waals surface area contributed by atoms with Gasteiger partial charge in [0.15, 0.2) is 12.7 Å². The van der Waals surface area contributed by atoms with E-state index >= 15 is 0 Å². The zero-order chi connectivity index (χ0) is 16.0. The van der Waals surface area contributed by atoms with Gasteiger partial charge < -0.3 is 15.2 Å². The molecule has 21 heavy (non-hydrogen) atoms. The number of urea groups is 1. The Labute approximate surface area is 126 Å². The largest absolute Gasteiger partial charge is 0.482 e. The Morgan fingerprint density at radius 1 is 1.38 bits per heavy atom. The standard InChI is InChI=1S/C13H15ClN2O5/c1-7-5-9(14)3-4-10(7)20-6-11(17)21-8(2)12(18)16-13(15)19/h3-5,8H,6H2,1-2H3,(H3,15,16,18,19)/t8-/m0/s1. The number of imide groups is 1. The number of amides is 3. The van der Waals surface area contributed by atoms with E-state index in [9.17, 15) is 14.4 Å². The summed E-state index contributed by atoms with van der Waals surface area (Å²) in [5, 5.41) is 2.36. The van der Waals surface area contributed by atoms with Gasteiger partial charge in [-0.3, -0.25) is 10.1 Å². The molecule has 0 aliphatic carbocycles. The first kappa shape index (κ1) is 16.8. The summed E-state index contributed by atoms with van der Waals surface area (Å²) < 4.78 is 10.0. The third-order valence-corrected chi connectivity index (χ3v) is 2.64. The molecule has 3 amide bonds. The molecule has 1 aromatic carbocycles. The average Bonchev–Trinajstić information content (AvgIpc) is 2.36. The Hall–Kier alpha value is -2.28. The summed E-state index contributed by atoms with van der Waals surface area (Å²) in [6, 6.07) is 3.91. The lowest BCUT2D eigenvalue weighted by Crippen LogP contribution is -2.42. The second-order valence-corrected chi connectivity index (χ2v) is 4.62. The molecule has 0 radical (unpaired) electrons. The lowest BCUT2D eigenvalue weighted by Gasteiger charge is -2.13. The first-order chi connectivity index (χ1) is 9.79.